The van der Waals surface area contributed by atoms with E-state index in [-0.39, 0.29) is 17.5 Å². The van der Waals surface area contributed by atoms with Gasteiger partial charge in [-0.25, -0.2) is 4.98 Å². The van der Waals surface area contributed by atoms with E-state index in [4.69, 9.17) is 0 Å². The average Bonchev–Trinajstić information content (AvgIpc) is 2.99. The molecule has 2 rings (SSSR count). The summed E-state index contributed by atoms with van der Waals surface area (Å²) >= 11 is 1.48. The number of hydrogen-bond acceptors (Lipinski definition) is 4. The summed E-state index contributed by atoms with van der Waals surface area (Å²) in [7, 11) is 0. The Morgan fingerprint density at radius 1 is 1.41 bits per heavy atom. The summed E-state index contributed by atoms with van der Waals surface area (Å²) in [6, 6.07) is 6.29. The number of rotatable bonds is 5. The minimum atomic E-state index is -4.49. The van der Waals surface area contributed by atoms with Crippen LogP contribution in [-0.4, -0.2) is 23.7 Å². The smallest absolute Gasteiger partial charge is 0.422 e. The van der Waals surface area contributed by atoms with Crippen LogP contribution in [-0.2, 0) is 0 Å². The zero-order chi connectivity index (χ0) is 16.2. The van der Waals surface area contributed by atoms with Crippen LogP contribution in [0.2, 0.25) is 0 Å². The number of carbonyl (C=O) groups is 1. The van der Waals surface area contributed by atoms with Gasteiger partial charge in [-0.1, -0.05) is 6.07 Å². The molecular formula is C14H13F3N2O2S. The van der Waals surface area contributed by atoms with E-state index >= 15 is 0 Å². The topological polar surface area (TPSA) is 51.2 Å². The van der Waals surface area contributed by atoms with Gasteiger partial charge in [-0.2, -0.15) is 13.2 Å². The predicted molar refractivity (Wildman–Crippen MR) is 76.0 cm³/mol. The molecule has 0 saturated heterocycles. The Bertz CT molecular complexity index is 629. The molecule has 2 aromatic heterocycles. The highest BCUT2D eigenvalue weighted by Gasteiger charge is 2.29. The SMILES string of the molecule is CC(NC(=O)c1cccnc1OCC(F)(F)F)c1cccs1. The summed E-state index contributed by atoms with van der Waals surface area (Å²) < 4.78 is 41.3. The van der Waals surface area contributed by atoms with Crippen molar-refractivity contribution in [1.29, 1.82) is 0 Å². The lowest BCUT2D eigenvalue weighted by atomic mass is 10.2. The van der Waals surface area contributed by atoms with Crippen molar-refractivity contribution >= 4 is 17.2 Å². The fourth-order valence-corrected chi connectivity index (χ4v) is 2.45. The molecule has 0 saturated carbocycles. The van der Waals surface area contributed by atoms with E-state index in [1.54, 1.807) is 6.92 Å². The molecule has 4 nitrogen and oxygen atoms in total. The summed E-state index contributed by atoms with van der Waals surface area (Å²) in [5.41, 5.74) is -0.0323. The third-order valence-electron chi connectivity index (χ3n) is 2.71. The number of ether oxygens (including phenoxy) is 1. The maximum atomic E-state index is 12.2. The van der Waals surface area contributed by atoms with E-state index in [1.807, 2.05) is 17.5 Å². The Hall–Kier alpha value is -2.09. The molecular weight excluding hydrogens is 317 g/mol. The van der Waals surface area contributed by atoms with Crippen molar-refractivity contribution < 1.29 is 22.7 Å². The van der Waals surface area contributed by atoms with Gasteiger partial charge in [0, 0.05) is 11.1 Å². The second-order valence-electron chi connectivity index (χ2n) is 4.47. The molecule has 0 spiro atoms. The van der Waals surface area contributed by atoms with Crippen LogP contribution in [0.3, 0.4) is 0 Å². The van der Waals surface area contributed by atoms with E-state index in [2.05, 4.69) is 15.0 Å². The van der Waals surface area contributed by atoms with Gasteiger partial charge in [0.05, 0.1) is 6.04 Å². The van der Waals surface area contributed by atoms with Crippen molar-refractivity contribution in [2.24, 2.45) is 0 Å². The van der Waals surface area contributed by atoms with E-state index in [1.165, 1.54) is 29.7 Å². The zero-order valence-corrected chi connectivity index (χ0v) is 12.4. The molecule has 1 atom stereocenters. The first kappa shape index (κ1) is 16.3. The summed E-state index contributed by atoms with van der Waals surface area (Å²) in [4.78, 5) is 16.8. The van der Waals surface area contributed by atoms with E-state index in [0.29, 0.717) is 0 Å². The second kappa shape index (κ2) is 6.78. The fourth-order valence-electron chi connectivity index (χ4n) is 1.71. The number of nitrogens with one attached hydrogen (secondary N) is 1. The number of aromatic nitrogens is 1. The van der Waals surface area contributed by atoms with Gasteiger partial charge >= 0.3 is 6.18 Å². The van der Waals surface area contributed by atoms with Crippen LogP contribution < -0.4 is 10.1 Å². The number of carbonyl (C=O) groups excluding carboxylic acids is 1. The number of alkyl halides is 3. The molecule has 0 radical (unpaired) electrons. The molecule has 8 heteroatoms. The first-order chi connectivity index (χ1) is 10.4. The van der Waals surface area contributed by atoms with Crippen LogP contribution in [0, 0.1) is 0 Å². The predicted octanol–water partition coefficient (Wildman–Crippen LogP) is 3.58. The van der Waals surface area contributed by atoms with Crippen molar-refractivity contribution in [1.82, 2.24) is 10.3 Å². The quantitative estimate of drug-likeness (QED) is 0.912. The van der Waals surface area contributed by atoms with Crippen LogP contribution >= 0.6 is 11.3 Å². The van der Waals surface area contributed by atoms with E-state index in [9.17, 15) is 18.0 Å². The van der Waals surface area contributed by atoms with E-state index < -0.39 is 18.7 Å². The number of amides is 1. The molecule has 1 amide bonds. The van der Waals surface area contributed by atoms with Gasteiger partial charge in [-0.05, 0) is 30.5 Å². The Balaban J connectivity index is 2.09. The molecule has 2 aromatic rings. The fraction of sp³-hybridized carbons (Fsp3) is 0.286. The van der Waals surface area contributed by atoms with Gasteiger partial charge in [0.1, 0.15) is 5.56 Å². The second-order valence-corrected chi connectivity index (χ2v) is 5.45. The first-order valence-electron chi connectivity index (χ1n) is 6.35. The Morgan fingerprint density at radius 3 is 2.82 bits per heavy atom. The molecule has 0 aliphatic heterocycles. The normalized spacial score (nSPS) is 12.7. The van der Waals surface area contributed by atoms with Gasteiger partial charge in [-0.3, -0.25) is 4.79 Å². The maximum absolute atomic E-state index is 12.2. The van der Waals surface area contributed by atoms with Crippen molar-refractivity contribution in [3.8, 4) is 5.88 Å². The van der Waals surface area contributed by atoms with Crippen LogP contribution in [0.4, 0.5) is 13.2 Å². The Labute approximate surface area is 128 Å². The van der Waals surface area contributed by atoms with E-state index in [0.717, 1.165) is 4.88 Å². The molecule has 0 aliphatic rings. The molecule has 22 heavy (non-hydrogen) atoms. The Morgan fingerprint density at radius 2 is 2.18 bits per heavy atom. The molecule has 1 N–H and O–H groups in total. The molecule has 0 aromatic carbocycles. The molecule has 1 unspecified atom stereocenters. The summed E-state index contributed by atoms with van der Waals surface area (Å²) in [6.45, 7) is 0.293. The van der Waals surface area contributed by atoms with Crippen LogP contribution in [0.15, 0.2) is 35.8 Å². The van der Waals surface area contributed by atoms with Crippen molar-refractivity contribution in [3.63, 3.8) is 0 Å². The van der Waals surface area contributed by atoms with Crippen molar-refractivity contribution in [2.45, 2.75) is 19.1 Å². The number of nitrogens with zero attached hydrogens (tertiary/aromatic N) is 1. The zero-order valence-electron chi connectivity index (χ0n) is 11.6. The molecule has 2 heterocycles. The van der Waals surface area contributed by atoms with Crippen LogP contribution in [0.5, 0.6) is 5.88 Å². The highest BCUT2D eigenvalue weighted by atomic mass is 32.1. The van der Waals surface area contributed by atoms with Crippen molar-refractivity contribution in [2.75, 3.05) is 6.61 Å². The third kappa shape index (κ3) is 4.45. The summed E-state index contributed by atoms with van der Waals surface area (Å²) in [6.07, 6.45) is -3.22. The van der Waals surface area contributed by atoms with Crippen LogP contribution in [0.1, 0.15) is 28.2 Å². The Kier molecular flexibility index (Phi) is 5.02. The lowest BCUT2D eigenvalue weighted by molar-refractivity contribution is -0.154. The highest BCUT2D eigenvalue weighted by Crippen LogP contribution is 2.22. The van der Waals surface area contributed by atoms with Gasteiger partial charge in [0.25, 0.3) is 5.91 Å². The summed E-state index contributed by atoms with van der Waals surface area (Å²) in [5.74, 6) is -0.873. The number of thiophene rings is 1. The van der Waals surface area contributed by atoms with Gasteiger partial charge in [-0.15, -0.1) is 11.3 Å². The number of halogens is 3. The maximum Gasteiger partial charge on any atom is 0.422 e. The highest BCUT2D eigenvalue weighted by molar-refractivity contribution is 7.10. The molecule has 118 valence electrons. The lowest BCUT2D eigenvalue weighted by Crippen LogP contribution is -2.27. The third-order valence-corrected chi connectivity index (χ3v) is 3.76. The minimum absolute atomic E-state index is 0.0323. The molecule has 0 aliphatic carbocycles. The standard InChI is InChI=1S/C14H13F3N2O2S/c1-9(11-5-3-7-22-11)19-12(20)10-4-2-6-18-13(10)21-8-14(15,16)17/h2-7,9H,8H2,1H3,(H,19,20). The number of pyridine rings is 1. The average molecular weight is 330 g/mol. The molecule has 0 bridgehead atoms. The van der Waals surface area contributed by atoms with Crippen LogP contribution in [0.25, 0.3) is 0 Å². The van der Waals surface area contributed by atoms with Gasteiger partial charge in [0.2, 0.25) is 5.88 Å². The van der Waals surface area contributed by atoms with Gasteiger partial charge < -0.3 is 10.1 Å². The number of hydrogen-bond donors (Lipinski definition) is 1. The largest absolute Gasteiger partial charge is 0.467 e. The minimum Gasteiger partial charge on any atom is -0.467 e. The molecule has 0 fully saturated rings. The first-order valence-corrected chi connectivity index (χ1v) is 7.23. The lowest BCUT2D eigenvalue weighted by Gasteiger charge is -2.15. The monoisotopic (exact) mass is 330 g/mol. The summed E-state index contributed by atoms with van der Waals surface area (Å²) in [5, 5.41) is 4.58. The van der Waals surface area contributed by atoms with Crippen molar-refractivity contribution in [3.05, 3.63) is 46.3 Å². The van der Waals surface area contributed by atoms with Gasteiger partial charge in [0.15, 0.2) is 6.61 Å².